The first-order valence-electron chi connectivity index (χ1n) is 12.6. The lowest BCUT2D eigenvalue weighted by Crippen LogP contribution is -2.54. The molecule has 39 heavy (non-hydrogen) atoms. The predicted molar refractivity (Wildman–Crippen MR) is 147 cm³/mol. The number of nitrogens with zero attached hydrogens (tertiary/aromatic N) is 3. The van der Waals surface area contributed by atoms with Crippen LogP contribution in [0.25, 0.3) is 0 Å². The van der Waals surface area contributed by atoms with Gasteiger partial charge in [-0.25, -0.2) is 10.3 Å². The van der Waals surface area contributed by atoms with E-state index >= 15 is 0 Å². The van der Waals surface area contributed by atoms with Crippen molar-refractivity contribution in [3.05, 3.63) is 130 Å². The molecule has 1 saturated heterocycles. The molecule has 2 bridgehead atoms. The molecular weight excluding hydrogens is 512 g/mol. The molecule has 1 N–H and O–H groups in total. The molecule has 0 radical (unpaired) electrons. The average molecular weight is 533 g/mol. The first-order chi connectivity index (χ1) is 19.0. The molecule has 3 aliphatic carbocycles. The van der Waals surface area contributed by atoms with E-state index in [4.69, 9.17) is 11.6 Å². The maximum atomic E-state index is 14.3. The van der Waals surface area contributed by atoms with E-state index in [2.05, 4.69) is 15.5 Å². The number of hydrogen-bond acceptors (Lipinski definition) is 5. The Labute approximate surface area is 229 Å². The average Bonchev–Trinajstić information content (AvgIpc) is 3.24. The molecule has 0 saturated carbocycles. The molecule has 4 aromatic rings. The summed E-state index contributed by atoms with van der Waals surface area (Å²) >= 11 is 6.49. The summed E-state index contributed by atoms with van der Waals surface area (Å²) in [5, 5.41) is 4.75. The van der Waals surface area contributed by atoms with E-state index in [-0.39, 0.29) is 17.7 Å². The van der Waals surface area contributed by atoms with Crippen LogP contribution < -0.4 is 10.3 Å². The number of carbonyl (C=O) groups is 3. The van der Waals surface area contributed by atoms with Gasteiger partial charge in [-0.1, -0.05) is 72.3 Å². The molecule has 3 aromatic carbocycles. The van der Waals surface area contributed by atoms with Gasteiger partial charge in [-0.05, 0) is 46.5 Å². The SMILES string of the molecule is O=C(N/N=C\C12c3ccccc3C(c3ccccc31)[C@H]1C(=O)N(c3ccccc3Cl)C(=O)[C@@H]12)c1ccncc1. The summed E-state index contributed by atoms with van der Waals surface area (Å²) in [6, 6.07) is 25.8. The van der Waals surface area contributed by atoms with Crippen molar-refractivity contribution in [1.82, 2.24) is 10.4 Å². The summed E-state index contributed by atoms with van der Waals surface area (Å²) in [4.78, 5) is 46.5. The molecule has 2 atom stereocenters. The number of halogens is 1. The lowest BCUT2D eigenvalue weighted by Gasteiger charge is -2.52. The van der Waals surface area contributed by atoms with Gasteiger partial charge in [0.25, 0.3) is 5.91 Å². The number of benzene rings is 3. The van der Waals surface area contributed by atoms with Crippen molar-refractivity contribution in [3.8, 4) is 0 Å². The molecule has 1 fully saturated rings. The lowest BCUT2D eigenvalue weighted by atomic mass is 9.47. The van der Waals surface area contributed by atoms with Crippen LogP contribution in [0.15, 0.2) is 102 Å². The van der Waals surface area contributed by atoms with Gasteiger partial charge in [-0.3, -0.25) is 19.4 Å². The van der Waals surface area contributed by atoms with Crippen LogP contribution in [0.1, 0.15) is 38.5 Å². The second-order valence-corrected chi connectivity index (χ2v) is 10.3. The highest BCUT2D eigenvalue weighted by atomic mass is 35.5. The van der Waals surface area contributed by atoms with Gasteiger partial charge in [-0.15, -0.1) is 0 Å². The van der Waals surface area contributed by atoms with Gasteiger partial charge in [0.1, 0.15) is 0 Å². The van der Waals surface area contributed by atoms with Crippen molar-refractivity contribution < 1.29 is 14.4 Å². The Balaban J connectivity index is 1.43. The Morgan fingerprint density at radius 2 is 1.49 bits per heavy atom. The Morgan fingerprint density at radius 1 is 0.872 bits per heavy atom. The standard InChI is InChI=1S/C31H21ClN4O3/c32-23-11-5-6-12-24(23)36-29(38)26-25-19-7-1-3-9-21(19)31(27(26)30(36)39,22-10-4-2-8-20(22)25)17-34-35-28(37)18-13-15-33-16-14-18/h1-17,25-27H,(H,35,37)/b34-17-/t25?,26-,27-,31?/m1/s1. The summed E-state index contributed by atoms with van der Waals surface area (Å²) in [5.41, 5.74) is 6.07. The number of hydrogen-bond donors (Lipinski definition) is 1. The molecule has 1 aliphatic heterocycles. The van der Waals surface area contributed by atoms with E-state index in [1.807, 2.05) is 48.5 Å². The number of aromatic nitrogens is 1. The van der Waals surface area contributed by atoms with Crippen LogP contribution in [0.2, 0.25) is 5.02 Å². The summed E-state index contributed by atoms with van der Waals surface area (Å²) < 4.78 is 0. The fraction of sp³-hybridized carbons (Fsp3) is 0.129. The van der Waals surface area contributed by atoms with Crippen LogP contribution in [0, 0.1) is 11.8 Å². The van der Waals surface area contributed by atoms with E-state index in [1.165, 1.54) is 17.3 Å². The number of amides is 3. The molecular formula is C31H21ClN4O3. The zero-order valence-corrected chi connectivity index (χ0v) is 21.2. The van der Waals surface area contributed by atoms with Crippen molar-refractivity contribution in [3.63, 3.8) is 0 Å². The zero-order valence-electron chi connectivity index (χ0n) is 20.5. The van der Waals surface area contributed by atoms with Gasteiger partial charge in [-0.2, -0.15) is 5.10 Å². The van der Waals surface area contributed by atoms with Crippen molar-refractivity contribution in [2.24, 2.45) is 16.9 Å². The molecule has 1 aromatic heterocycles. The number of nitrogens with one attached hydrogen (secondary N) is 1. The minimum atomic E-state index is -1.08. The Kier molecular flexibility index (Phi) is 5.25. The first kappa shape index (κ1) is 23.5. The van der Waals surface area contributed by atoms with Gasteiger partial charge in [0.2, 0.25) is 11.8 Å². The highest BCUT2D eigenvalue weighted by Gasteiger charge is 2.68. The normalized spacial score (nSPS) is 24.4. The Bertz CT molecular complexity index is 1660. The highest BCUT2D eigenvalue weighted by molar-refractivity contribution is 6.36. The second-order valence-electron chi connectivity index (χ2n) is 9.92. The van der Waals surface area contributed by atoms with Crippen molar-refractivity contribution in [2.45, 2.75) is 11.3 Å². The number of hydrazone groups is 1. The van der Waals surface area contributed by atoms with E-state index in [1.54, 1.807) is 42.6 Å². The summed E-state index contributed by atoms with van der Waals surface area (Å²) in [7, 11) is 0. The van der Waals surface area contributed by atoms with Gasteiger partial charge in [0, 0.05) is 30.1 Å². The van der Waals surface area contributed by atoms with Crippen molar-refractivity contribution in [2.75, 3.05) is 4.90 Å². The number of rotatable bonds is 4. The van der Waals surface area contributed by atoms with E-state index < -0.39 is 23.2 Å². The Morgan fingerprint density at radius 3 is 2.15 bits per heavy atom. The van der Waals surface area contributed by atoms with Crippen LogP contribution >= 0.6 is 11.6 Å². The van der Waals surface area contributed by atoms with Crippen LogP contribution in [0.5, 0.6) is 0 Å². The molecule has 8 rings (SSSR count). The highest BCUT2D eigenvalue weighted by Crippen LogP contribution is 2.63. The van der Waals surface area contributed by atoms with Crippen LogP contribution in [0.4, 0.5) is 5.69 Å². The Hall–Kier alpha value is -4.62. The summed E-state index contributed by atoms with van der Waals surface area (Å²) in [6.45, 7) is 0. The minimum absolute atomic E-state index is 0.286. The lowest BCUT2D eigenvalue weighted by molar-refractivity contribution is -0.122. The fourth-order valence-electron chi connectivity index (χ4n) is 6.68. The molecule has 7 nitrogen and oxygen atoms in total. The van der Waals surface area contributed by atoms with Gasteiger partial charge >= 0.3 is 0 Å². The number of para-hydroxylation sites is 1. The van der Waals surface area contributed by atoms with Crippen molar-refractivity contribution >= 4 is 41.2 Å². The van der Waals surface area contributed by atoms with E-state index in [9.17, 15) is 14.4 Å². The third-order valence-corrected chi connectivity index (χ3v) is 8.47. The monoisotopic (exact) mass is 532 g/mol. The first-order valence-corrected chi connectivity index (χ1v) is 13.0. The number of anilines is 1. The van der Waals surface area contributed by atoms with Crippen LogP contribution in [-0.2, 0) is 15.0 Å². The van der Waals surface area contributed by atoms with Gasteiger partial charge in [0.05, 0.1) is 28.0 Å². The van der Waals surface area contributed by atoms with Gasteiger partial charge in [0.15, 0.2) is 0 Å². The van der Waals surface area contributed by atoms with E-state index in [0.717, 1.165) is 22.3 Å². The third kappa shape index (κ3) is 3.20. The van der Waals surface area contributed by atoms with Crippen LogP contribution in [-0.4, -0.2) is 28.9 Å². The number of imide groups is 1. The number of carbonyl (C=O) groups excluding carboxylic acids is 3. The summed E-state index contributed by atoms with van der Waals surface area (Å²) in [6.07, 6.45) is 4.70. The molecule has 0 unspecified atom stereocenters. The molecule has 2 heterocycles. The molecule has 0 spiro atoms. The second kappa shape index (κ2) is 8.71. The number of pyridine rings is 1. The molecule has 3 amide bonds. The summed E-state index contributed by atoms with van der Waals surface area (Å²) in [5.74, 6) is -2.74. The largest absolute Gasteiger partial charge is 0.274 e. The zero-order chi connectivity index (χ0) is 26.7. The maximum Gasteiger partial charge on any atom is 0.271 e. The molecule has 4 aliphatic rings. The predicted octanol–water partition coefficient (Wildman–Crippen LogP) is 4.70. The minimum Gasteiger partial charge on any atom is -0.274 e. The van der Waals surface area contributed by atoms with E-state index in [0.29, 0.717) is 16.3 Å². The third-order valence-electron chi connectivity index (χ3n) is 8.15. The molecule has 190 valence electrons. The fourth-order valence-corrected chi connectivity index (χ4v) is 6.90. The van der Waals surface area contributed by atoms with Crippen molar-refractivity contribution in [1.29, 1.82) is 0 Å². The maximum absolute atomic E-state index is 14.3. The quantitative estimate of drug-likeness (QED) is 0.234. The van der Waals surface area contributed by atoms with Crippen LogP contribution in [0.3, 0.4) is 0 Å². The topological polar surface area (TPSA) is 91.7 Å². The molecule has 8 heteroatoms. The smallest absolute Gasteiger partial charge is 0.271 e. The van der Waals surface area contributed by atoms with Gasteiger partial charge < -0.3 is 0 Å².